The molecular weight excluding hydrogens is 428 g/mol. The predicted octanol–water partition coefficient (Wildman–Crippen LogP) is 3.39. The number of aliphatic hydroxyl groups is 1. The van der Waals surface area contributed by atoms with Crippen LogP contribution in [-0.4, -0.2) is 40.6 Å². The zero-order valence-electron chi connectivity index (χ0n) is 16.8. The van der Waals surface area contributed by atoms with E-state index in [1.165, 1.54) is 6.92 Å². The summed E-state index contributed by atoms with van der Waals surface area (Å²) >= 11 is 3.36. The lowest BCUT2D eigenvalue weighted by molar-refractivity contribution is -0.176. The van der Waals surface area contributed by atoms with E-state index in [4.69, 9.17) is 9.47 Å². The Bertz CT molecular complexity index is 730. The third-order valence-electron chi connectivity index (χ3n) is 4.73. The fourth-order valence-electron chi connectivity index (χ4n) is 3.71. The molecule has 2 rings (SSSR count). The lowest BCUT2D eigenvalue weighted by Crippen LogP contribution is -2.55. The van der Waals surface area contributed by atoms with E-state index in [9.17, 15) is 19.5 Å². The lowest BCUT2D eigenvalue weighted by Gasteiger charge is -2.44. The lowest BCUT2D eigenvalue weighted by atomic mass is 9.61. The van der Waals surface area contributed by atoms with E-state index in [1.807, 2.05) is 0 Å². The molecule has 0 spiro atoms. The Balaban J connectivity index is 2.59. The summed E-state index contributed by atoms with van der Waals surface area (Å²) < 4.78 is 11.5. The van der Waals surface area contributed by atoms with E-state index >= 15 is 0 Å². The Labute approximate surface area is 173 Å². The molecule has 6 nitrogen and oxygen atoms in total. The van der Waals surface area contributed by atoms with Crippen LogP contribution in [0, 0.1) is 11.8 Å². The molecule has 0 radical (unpaired) electrons. The van der Waals surface area contributed by atoms with E-state index in [1.54, 1.807) is 52.0 Å². The SMILES string of the molecule is CC(C)OC(=O)[C@@H]1C(=O)C[C@@](C)(O)[C@H](C(=O)OC(C)C)[C@H]1c1ccc(Br)cc1. The number of hydrogen-bond donors (Lipinski definition) is 1. The van der Waals surface area contributed by atoms with Gasteiger partial charge in [-0.1, -0.05) is 28.1 Å². The van der Waals surface area contributed by atoms with Gasteiger partial charge in [0.25, 0.3) is 0 Å². The fourth-order valence-corrected chi connectivity index (χ4v) is 3.98. The Morgan fingerprint density at radius 1 is 1.07 bits per heavy atom. The number of carbonyl (C=O) groups is 3. The molecular formula is C21H27BrO6. The van der Waals surface area contributed by atoms with E-state index < -0.39 is 53.3 Å². The van der Waals surface area contributed by atoms with Crippen LogP contribution in [0.3, 0.4) is 0 Å². The van der Waals surface area contributed by atoms with Crippen molar-refractivity contribution in [2.75, 3.05) is 0 Å². The minimum atomic E-state index is -1.64. The monoisotopic (exact) mass is 454 g/mol. The molecule has 28 heavy (non-hydrogen) atoms. The second kappa shape index (κ2) is 8.74. The van der Waals surface area contributed by atoms with Crippen molar-refractivity contribution >= 4 is 33.7 Å². The zero-order valence-corrected chi connectivity index (χ0v) is 18.4. The molecule has 0 aromatic heterocycles. The minimum Gasteiger partial charge on any atom is -0.463 e. The molecule has 0 unspecified atom stereocenters. The first-order valence-electron chi connectivity index (χ1n) is 9.35. The number of esters is 2. The summed E-state index contributed by atoms with van der Waals surface area (Å²) in [5.41, 5.74) is -1.05. The third kappa shape index (κ3) is 5.00. The number of benzene rings is 1. The summed E-state index contributed by atoms with van der Waals surface area (Å²) in [4.78, 5) is 38.6. The van der Waals surface area contributed by atoms with Gasteiger partial charge in [0.1, 0.15) is 5.92 Å². The van der Waals surface area contributed by atoms with Gasteiger partial charge in [-0.2, -0.15) is 0 Å². The molecule has 4 atom stereocenters. The Kier molecular flexibility index (Phi) is 7.04. The molecule has 0 amide bonds. The number of carbonyl (C=O) groups excluding carboxylic acids is 3. The summed E-state index contributed by atoms with van der Waals surface area (Å²) in [5.74, 6) is -4.93. The van der Waals surface area contributed by atoms with Crippen LogP contribution < -0.4 is 0 Å². The van der Waals surface area contributed by atoms with Crippen molar-refractivity contribution in [1.29, 1.82) is 0 Å². The van der Waals surface area contributed by atoms with Crippen molar-refractivity contribution in [1.82, 2.24) is 0 Å². The zero-order chi connectivity index (χ0) is 21.2. The normalized spacial score (nSPS) is 27.8. The van der Waals surface area contributed by atoms with Gasteiger partial charge >= 0.3 is 11.9 Å². The average Bonchev–Trinajstić information content (AvgIpc) is 2.52. The number of Topliss-reactive ketones (excluding diaryl/α,β-unsaturated/α-hetero) is 1. The first-order valence-corrected chi connectivity index (χ1v) is 10.1. The van der Waals surface area contributed by atoms with E-state index in [2.05, 4.69) is 15.9 Å². The summed E-state index contributed by atoms with van der Waals surface area (Å²) in [6.45, 7) is 8.24. The van der Waals surface area contributed by atoms with Crippen LogP contribution in [0.4, 0.5) is 0 Å². The first-order chi connectivity index (χ1) is 12.9. The summed E-state index contributed by atoms with van der Waals surface area (Å²) in [7, 11) is 0. The third-order valence-corrected chi connectivity index (χ3v) is 5.26. The van der Waals surface area contributed by atoms with Crippen LogP contribution in [-0.2, 0) is 23.9 Å². The molecule has 1 aliphatic carbocycles. The molecule has 154 valence electrons. The summed E-state index contributed by atoms with van der Waals surface area (Å²) in [5, 5.41) is 11.0. The maximum absolute atomic E-state index is 12.9. The molecule has 0 saturated heterocycles. The molecule has 0 heterocycles. The predicted molar refractivity (Wildman–Crippen MR) is 107 cm³/mol. The second-order valence-electron chi connectivity index (χ2n) is 8.00. The van der Waals surface area contributed by atoms with Crippen molar-refractivity contribution < 1.29 is 29.0 Å². The van der Waals surface area contributed by atoms with Crippen LogP contribution in [0.25, 0.3) is 0 Å². The van der Waals surface area contributed by atoms with Gasteiger partial charge in [0.15, 0.2) is 5.78 Å². The van der Waals surface area contributed by atoms with Crippen LogP contribution >= 0.6 is 15.9 Å². The summed E-state index contributed by atoms with van der Waals surface area (Å²) in [6.07, 6.45) is -1.13. The van der Waals surface area contributed by atoms with Gasteiger partial charge in [-0.25, -0.2) is 0 Å². The van der Waals surface area contributed by atoms with E-state index in [-0.39, 0.29) is 6.42 Å². The highest BCUT2D eigenvalue weighted by atomic mass is 79.9. The Hall–Kier alpha value is -1.73. The Morgan fingerprint density at radius 3 is 2.07 bits per heavy atom. The van der Waals surface area contributed by atoms with E-state index in [0.29, 0.717) is 5.56 Å². The maximum Gasteiger partial charge on any atom is 0.317 e. The largest absolute Gasteiger partial charge is 0.463 e. The smallest absolute Gasteiger partial charge is 0.317 e. The van der Waals surface area contributed by atoms with Crippen LogP contribution in [0.15, 0.2) is 28.7 Å². The standard InChI is InChI=1S/C21H27BrO6/c1-11(2)27-19(24)17-15(23)10-21(5,26)18(20(25)28-12(3)4)16(17)13-6-8-14(22)9-7-13/h6-9,11-12,16-18,26H,10H2,1-5H3/t16-,17+,18-,21+/m0/s1. The quantitative estimate of drug-likeness (QED) is 0.541. The van der Waals surface area contributed by atoms with Crippen LogP contribution in [0.5, 0.6) is 0 Å². The van der Waals surface area contributed by atoms with Gasteiger partial charge in [-0.05, 0) is 52.3 Å². The van der Waals surface area contributed by atoms with Crippen LogP contribution in [0.1, 0.15) is 52.5 Å². The average molecular weight is 455 g/mol. The molecule has 0 bridgehead atoms. The maximum atomic E-state index is 12.9. The topological polar surface area (TPSA) is 89.9 Å². The highest BCUT2D eigenvalue weighted by molar-refractivity contribution is 9.10. The number of ketones is 1. The van der Waals surface area contributed by atoms with Crippen LogP contribution in [0.2, 0.25) is 0 Å². The van der Waals surface area contributed by atoms with Gasteiger partial charge in [0.05, 0.1) is 23.7 Å². The number of hydrogen-bond acceptors (Lipinski definition) is 6. The number of rotatable bonds is 5. The van der Waals surface area contributed by atoms with Gasteiger partial charge < -0.3 is 14.6 Å². The Morgan fingerprint density at radius 2 is 1.57 bits per heavy atom. The molecule has 0 aliphatic heterocycles. The molecule has 1 fully saturated rings. The molecule has 1 aliphatic rings. The number of ether oxygens (including phenoxy) is 2. The van der Waals surface area contributed by atoms with Crippen molar-refractivity contribution in [3.05, 3.63) is 34.3 Å². The molecule has 1 aromatic rings. The first kappa shape index (κ1) is 22.6. The van der Waals surface area contributed by atoms with Crippen molar-refractivity contribution in [3.8, 4) is 0 Å². The van der Waals surface area contributed by atoms with Crippen molar-refractivity contribution in [3.63, 3.8) is 0 Å². The number of halogens is 1. The van der Waals surface area contributed by atoms with Crippen molar-refractivity contribution in [2.45, 2.75) is 64.8 Å². The van der Waals surface area contributed by atoms with Gasteiger partial charge in [-0.3, -0.25) is 14.4 Å². The van der Waals surface area contributed by atoms with E-state index in [0.717, 1.165) is 4.47 Å². The van der Waals surface area contributed by atoms with Crippen molar-refractivity contribution in [2.24, 2.45) is 11.8 Å². The fraction of sp³-hybridized carbons (Fsp3) is 0.571. The molecule has 1 saturated carbocycles. The second-order valence-corrected chi connectivity index (χ2v) is 8.92. The molecule has 1 aromatic carbocycles. The highest BCUT2D eigenvalue weighted by Gasteiger charge is 2.57. The minimum absolute atomic E-state index is 0.324. The molecule has 1 N–H and O–H groups in total. The van der Waals surface area contributed by atoms with Gasteiger partial charge in [-0.15, -0.1) is 0 Å². The summed E-state index contributed by atoms with van der Waals surface area (Å²) in [6, 6.07) is 6.99. The van der Waals surface area contributed by atoms with Gasteiger partial charge in [0.2, 0.25) is 0 Å². The highest BCUT2D eigenvalue weighted by Crippen LogP contribution is 2.47. The molecule has 7 heteroatoms. The van der Waals surface area contributed by atoms with Gasteiger partial charge in [0, 0.05) is 16.8 Å².